The second-order valence-corrected chi connectivity index (χ2v) is 6.56. The molecular weight excluding hydrogens is 324 g/mol. The summed E-state index contributed by atoms with van der Waals surface area (Å²) in [6, 6.07) is 9.86. The molecule has 1 saturated heterocycles. The van der Waals surface area contributed by atoms with Gasteiger partial charge in [-0.25, -0.2) is 9.78 Å². The molecule has 0 spiro atoms. The first-order chi connectivity index (χ1) is 11.7. The lowest BCUT2D eigenvalue weighted by Crippen LogP contribution is -2.50. The Morgan fingerprint density at radius 3 is 2.92 bits per heavy atom. The van der Waals surface area contributed by atoms with E-state index in [9.17, 15) is 9.59 Å². The van der Waals surface area contributed by atoms with E-state index in [1.165, 1.54) is 0 Å². The number of carbonyl (C=O) groups is 2. The third-order valence-corrected chi connectivity index (χ3v) is 4.78. The average molecular weight is 344 g/mol. The van der Waals surface area contributed by atoms with Gasteiger partial charge in [-0.3, -0.25) is 4.79 Å². The van der Waals surface area contributed by atoms with Gasteiger partial charge in [0, 0.05) is 42.9 Å². The Bertz CT molecular complexity index is 692. The molecule has 2 aromatic rings. The molecule has 1 fully saturated rings. The first kappa shape index (κ1) is 16.4. The third-order valence-electron chi connectivity index (χ3n) is 3.84. The van der Waals surface area contributed by atoms with E-state index in [0.29, 0.717) is 32.4 Å². The number of benzene rings is 1. The van der Waals surface area contributed by atoms with Crippen LogP contribution in [0.4, 0.5) is 4.79 Å². The largest absolute Gasteiger partial charge is 0.354 e. The molecule has 1 aliphatic heterocycles. The van der Waals surface area contributed by atoms with Gasteiger partial charge < -0.3 is 16.0 Å². The highest BCUT2D eigenvalue weighted by molar-refractivity contribution is 7.13. The maximum absolute atomic E-state index is 11.9. The smallest absolute Gasteiger partial charge is 0.315 e. The van der Waals surface area contributed by atoms with Gasteiger partial charge in [-0.05, 0) is 6.42 Å². The van der Waals surface area contributed by atoms with Crippen molar-refractivity contribution >= 4 is 23.3 Å². The predicted molar refractivity (Wildman–Crippen MR) is 93.8 cm³/mol. The van der Waals surface area contributed by atoms with Gasteiger partial charge in [-0.1, -0.05) is 30.3 Å². The number of amides is 3. The molecule has 24 heavy (non-hydrogen) atoms. The van der Waals surface area contributed by atoms with Crippen molar-refractivity contribution in [3.63, 3.8) is 0 Å². The number of nitrogens with zero attached hydrogens (tertiary/aromatic N) is 1. The zero-order valence-electron chi connectivity index (χ0n) is 13.2. The Morgan fingerprint density at radius 2 is 2.17 bits per heavy atom. The zero-order valence-corrected chi connectivity index (χ0v) is 14.1. The van der Waals surface area contributed by atoms with Crippen molar-refractivity contribution in [2.45, 2.75) is 25.3 Å². The van der Waals surface area contributed by atoms with Crippen LogP contribution in [0.2, 0.25) is 0 Å². The summed E-state index contributed by atoms with van der Waals surface area (Å²) in [5.74, 6) is 0.0474. The highest BCUT2D eigenvalue weighted by Gasteiger charge is 2.19. The number of thiazole rings is 1. The van der Waals surface area contributed by atoms with Crippen LogP contribution in [-0.4, -0.2) is 36.1 Å². The second kappa shape index (κ2) is 7.92. The van der Waals surface area contributed by atoms with Gasteiger partial charge in [-0.2, -0.15) is 0 Å². The van der Waals surface area contributed by atoms with E-state index in [-0.39, 0.29) is 18.0 Å². The van der Waals surface area contributed by atoms with Gasteiger partial charge in [-0.15, -0.1) is 11.3 Å². The molecular formula is C17H20N4O2S. The van der Waals surface area contributed by atoms with Crippen LogP contribution in [0.3, 0.4) is 0 Å². The summed E-state index contributed by atoms with van der Waals surface area (Å²) in [6.07, 6.45) is 1.84. The summed E-state index contributed by atoms with van der Waals surface area (Å²) in [5, 5.41) is 11.5. The van der Waals surface area contributed by atoms with Crippen molar-refractivity contribution in [2.75, 3.05) is 13.1 Å². The summed E-state index contributed by atoms with van der Waals surface area (Å²) < 4.78 is 0. The number of aromatic nitrogens is 1. The lowest BCUT2D eigenvalue weighted by molar-refractivity contribution is -0.122. The molecule has 0 bridgehead atoms. The van der Waals surface area contributed by atoms with Crippen LogP contribution in [0, 0.1) is 0 Å². The Morgan fingerprint density at radius 1 is 1.33 bits per heavy atom. The van der Waals surface area contributed by atoms with E-state index in [0.717, 1.165) is 16.3 Å². The normalized spacial score (nSPS) is 17.2. The van der Waals surface area contributed by atoms with E-state index in [4.69, 9.17) is 0 Å². The van der Waals surface area contributed by atoms with Gasteiger partial charge in [0.2, 0.25) is 5.91 Å². The minimum atomic E-state index is -0.199. The monoisotopic (exact) mass is 344 g/mol. The van der Waals surface area contributed by atoms with Crippen LogP contribution in [0.1, 0.15) is 18.5 Å². The molecule has 1 aliphatic rings. The fourth-order valence-electron chi connectivity index (χ4n) is 2.53. The number of piperidine rings is 1. The molecule has 3 rings (SSSR count). The number of rotatable bonds is 5. The fourth-order valence-corrected chi connectivity index (χ4v) is 3.39. The second-order valence-electron chi connectivity index (χ2n) is 5.70. The Balaban J connectivity index is 1.41. The van der Waals surface area contributed by atoms with Crippen LogP contribution >= 0.6 is 11.3 Å². The highest BCUT2D eigenvalue weighted by atomic mass is 32.1. The molecule has 0 radical (unpaired) electrons. The summed E-state index contributed by atoms with van der Waals surface area (Å²) in [7, 11) is 0. The van der Waals surface area contributed by atoms with Gasteiger partial charge in [0.25, 0.3) is 0 Å². The van der Waals surface area contributed by atoms with Crippen LogP contribution in [0.25, 0.3) is 10.6 Å². The molecule has 126 valence electrons. The topological polar surface area (TPSA) is 83.1 Å². The van der Waals surface area contributed by atoms with Crippen molar-refractivity contribution < 1.29 is 9.59 Å². The molecule has 0 unspecified atom stereocenters. The molecule has 3 N–H and O–H groups in total. The third kappa shape index (κ3) is 4.55. The van der Waals surface area contributed by atoms with E-state index in [2.05, 4.69) is 20.9 Å². The lowest BCUT2D eigenvalue weighted by Gasteiger charge is -2.23. The van der Waals surface area contributed by atoms with Gasteiger partial charge in [0.05, 0.1) is 5.69 Å². The van der Waals surface area contributed by atoms with Crippen LogP contribution in [-0.2, 0) is 11.2 Å². The molecule has 6 nitrogen and oxygen atoms in total. The van der Waals surface area contributed by atoms with Crippen molar-refractivity contribution in [2.24, 2.45) is 0 Å². The average Bonchev–Trinajstić information content (AvgIpc) is 3.07. The van der Waals surface area contributed by atoms with E-state index < -0.39 is 0 Å². The van der Waals surface area contributed by atoms with Crippen molar-refractivity contribution in [1.29, 1.82) is 0 Å². The SMILES string of the molecule is O=C1CC[C@@H](NC(=O)NCCc2csc(-c3ccccc3)n2)CN1. The molecule has 7 heteroatoms. The number of hydrogen-bond donors (Lipinski definition) is 3. The Labute approximate surface area is 144 Å². The minimum Gasteiger partial charge on any atom is -0.354 e. The van der Waals surface area contributed by atoms with E-state index >= 15 is 0 Å². The maximum atomic E-state index is 11.9. The van der Waals surface area contributed by atoms with Gasteiger partial charge in [0.1, 0.15) is 5.01 Å². The van der Waals surface area contributed by atoms with Crippen molar-refractivity contribution in [1.82, 2.24) is 20.9 Å². The highest BCUT2D eigenvalue weighted by Crippen LogP contribution is 2.23. The quantitative estimate of drug-likeness (QED) is 0.775. The fraction of sp³-hybridized carbons (Fsp3) is 0.353. The first-order valence-corrected chi connectivity index (χ1v) is 8.89. The minimum absolute atomic E-state index is 0.00616. The predicted octanol–water partition coefficient (Wildman–Crippen LogP) is 1.93. The zero-order chi connectivity index (χ0) is 16.8. The molecule has 1 aromatic carbocycles. The number of urea groups is 1. The Hall–Kier alpha value is -2.41. The van der Waals surface area contributed by atoms with Crippen LogP contribution in [0.5, 0.6) is 0 Å². The summed E-state index contributed by atoms with van der Waals surface area (Å²) in [5.41, 5.74) is 2.09. The summed E-state index contributed by atoms with van der Waals surface area (Å²) in [6.45, 7) is 1.03. The molecule has 1 atom stereocenters. The summed E-state index contributed by atoms with van der Waals surface area (Å²) >= 11 is 1.61. The number of carbonyl (C=O) groups excluding carboxylic acids is 2. The van der Waals surface area contributed by atoms with Crippen molar-refractivity contribution in [3.05, 3.63) is 41.4 Å². The summed E-state index contributed by atoms with van der Waals surface area (Å²) in [4.78, 5) is 27.5. The van der Waals surface area contributed by atoms with Crippen LogP contribution in [0.15, 0.2) is 35.7 Å². The molecule has 2 heterocycles. The lowest BCUT2D eigenvalue weighted by atomic mass is 10.1. The molecule has 1 aromatic heterocycles. The first-order valence-electron chi connectivity index (χ1n) is 8.01. The standard InChI is InChI=1S/C17H20N4O2S/c22-15-7-6-13(10-19-15)21-17(23)18-9-8-14-11-24-16(20-14)12-4-2-1-3-5-12/h1-5,11,13H,6-10H2,(H,19,22)(H2,18,21,23)/t13-/m1/s1. The molecule has 0 aliphatic carbocycles. The number of nitrogens with one attached hydrogen (secondary N) is 3. The van der Waals surface area contributed by atoms with Crippen LogP contribution < -0.4 is 16.0 Å². The molecule has 3 amide bonds. The van der Waals surface area contributed by atoms with Gasteiger partial charge in [0.15, 0.2) is 0 Å². The maximum Gasteiger partial charge on any atom is 0.315 e. The molecule has 0 saturated carbocycles. The van der Waals surface area contributed by atoms with E-state index in [1.54, 1.807) is 11.3 Å². The van der Waals surface area contributed by atoms with Crippen molar-refractivity contribution in [3.8, 4) is 10.6 Å². The van der Waals surface area contributed by atoms with E-state index in [1.807, 2.05) is 35.7 Å². The number of hydrogen-bond acceptors (Lipinski definition) is 4. The van der Waals surface area contributed by atoms with Gasteiger partial charge >= 0.3 is 6.03 Å². The Kier molecular flexibility index (Phi) is 5.43.